The van der Waals surface area contributed by atoms with E-state index in [4.69, 9.17) is 0 Å². The third-order valence-corrected chi connectivity index (χ3v) is 7.78. The Morgan fingerprint density at radius 3 is 1.91 bits per heavy atom. The largest absolute Gasteiger partial charge is 0.306 e. The lowest BCUT2D eigenvalue weighted by Crippen LogP contribution is -2.51. The minimum Gasteiger partial charge on any atom is -0.306 e. The molecule has 0 bridgehead atoms. The van der Waals surface area contributed by atoms with Crippen molar-refractivity contribution in [2.24, 2.45) is 0 Å². The molecule has 0 N–H and O–H groups in total. The van der Waals surface area contributed by atoms with Crippen LogP contribution in [-0.2, 0) is 0 Å². The van der Waals surface area contributed by atoms with E-state index in [9.17, 15) is 0 Å². The summed E-state index contributed by atoms with van der Waals surface area (Å²) in [6.45, 7) is 16.0. The lowest BCUT2D eigenvalue weighted by Gasteiger charge is -2.30. The summed E-state index contributed by atoms with van der Waals surface area (Å²) >= 11 is 0. The van der Waals surface area contributed by atoms with Gasteiger partial charge in [0.1, 0.15) is 0 Å². The summed E-state index contributed by atoms with van der Waals surface area (Å²) in [4.78, 5) is 2.54. The van der Waals surface area contributed by atoms with Crippen molar-refractivity contribution in [3.8, 4) is 0 Å². The highest BCUT2D eigenvalue weighted by atomic mass is 28.3. The minimum absolute atomic E-state index is 1.10. The van der Waals surface area contributed by atoms with Crippen LogP contribution in [0, 0.1) is 0 Å². The van der Waals surface area contributed by atoms with Crippen molar-refractivity contribution < 1.29 is 0 Å². The number of nitrogens with zero attached hydrogens (tertiary/aromatic N) is 1. The molecule has 0 unspecified atom stereocenters. The zero-order chi connectivity index (χ0) is 16.9. The Hall–Kier alpha value is -1.64. The van der Waals surface area contributed by atoms with Crippen molar-refractivity contribution in [3.05, 3.63) is 72.3 Å². The zero-order valence-corrected chi connectivity index (χ0v) is 16.0. The van der Waals surface area contributed by atoms with Crippen LogP contribution >= 0.6 is 0 Å². The van der Waals surface area contributed by atoms with Gasteiger partial charge in [0.25, 0.3) is 0 Å². The molecule has 0 amide bonds. The summed E-state index contributed by atoms with van der Waals surface area (Å²) in [7, 11) is -1.43. The average molecular weight is 324 g/mol. The highest BCUT2D eigenvalue weighted by Gasteiger charge is 2.25. The standard InChI is InChI=1S/C21H29NSi/c1-6-22(7-2)17-23(4,5)21-15-13-20(14-16-21)18(3)19-11-9-8-10-12-19/h8-16H,3,6-7,17H2,1-2,4-5H3. The van der Waals surface area contributed by atoms with E-state index in [2.05, 4.69) is 87.0 Å². The maximum absolute atomic E-state index is 4.27. The smallest absolute Gasteiger partial charge is 0.0948 e. The van der Waals surface area contributed by atoms with Crippen LogP contribution in [0.4, 0.5) is 0 Å². The third-order valence-electron chi connectivity index (χ3n) is 4.65. The molecule has 0 aliphatic carbocycles. The molecule has 2 aromatic rings. The predicted molar refractivity (Wildman–Crippen MR) is 106 cm³/mol. The molecule has 0 spiro atoms. The lowest BCUT2D eigenvalue weighted by atomic mass is 10.00. The molecule has 0 saturated carbocycles. The number of benzene rings is 2. The quantitative estimate of drug-likeness (QED) is 0.676. The first kappa shape index (κ1) is 17.7. The monoisotopic (exact) mass is 323 g/mol. The lowest BCUT2D eigenvalue weighted by molar-refractivity contribution is 0.349. The minimum atomic E-state index is -1.43. The van der Waals surface area contributed by atoms with Crippen molar-refractivity contribution in [2.45, 2.75) is 26.9 Å². The Kier molecular flexibility index (Phi) is 5.97. The average Bonchev–Trinajstić information content (AvgIpc) is 2.60. The molecule has 2 aromatic carbocycles. The third kappa shape index (κ3) is 4.43. The summed E-state index contributed by atoms with van der Waals surface area (Å²) in [5.41, 5.74) is 3.51. The van der Waals surface area contributed by atoms with E-state index in [1.165, 1.54) is 22.5 Å². The molecule has 2 heteroatoms. The molecule has 0 fully saturated rings. The molecule has 0 saturated heterocycles. The van der Waals surface area contributed by atoms with Crippen molar-refractivity contribution >= 4 is 18.8 Å². The van der Waals surface area contributed by atoms with Gasteiger partial charge in [0.15, 0.2) is 0 Å². The Bertz CT molecular complexity index is 625. The van der Waals surface area contributed by atoms with Crippen LogP contribution in [0.3, 0.4) is 0 Å². The summed E-state index contributed by atoms with van der Waals surface area (Å²) in [6, 6.07) is 19.5. The van der Waals surface area contributed by atoms with Crippen LogP contribution in [0.25, 0.3) is 5.57 Å². The van der Waals surface area contributed by atoms with E-state index in [1.54, 1.807) is 0 Å². The Morgan fingerprint density at radius 2 is 1.39 bits per heavy atom. The van der Waals surface area contributed by atoms with Crippen LogP contribution < -0.4 is 5.19 Å². The van der Waals surface area contributed by atoms with E-state index in [0.29, 0.717) is 0 Å². The van der Waals surface area contributed by atoms with E-state index in [0.717, 1.165) is 18.7 Å². The van der Waals surface area contributed by atoms with Gasteiger partial charge in [-0.1, -0.05) is 93.3 Å². The first-order chi connectivity index (χ1) is 11.0. The molecule has 1 nitrogen and oxygen atoms in total. The fourth-order valence-electron chi connectivity index (χ4n) is 3.03. The molecule has 23 heavy (non-hydrogen) atoms. The summed E-state index contributed by atoms with van der Waals surface area (Å²) < 4.78 is 0. The summed E-state index contributed by atoms with van der Waals surface area (Å²) in [5, 5.41) is 1.52. The highest BCUT2D eigenvalue weighted by Crippen LogP contribution is 2.21. The number of hydrogen-bond donors (Lipinski definition) is 0. The predicted octanol–water partition coefficient (Wildman–Crippen LogP) is 4.54. The second kappa shape index (κ2) is 7.76. The Labute approximate surface area is 142 Å². The van der Waals surface area contributed by atoms with E-state index < -0.39 is 8.07 Å². The maximum Gasteiger partial charge on any atom is 0.0948 e. The van der Waals surface area contributed by atoms with Gasteiger partial charge in [-0.3, -0.25) is 0 Å². The van der Waals surface area contributed by atoms with Gasteiger partial charge in [-0.25, -0.2) is 0 Å². The van der Waals surface area contributed by atoms with Crippen LogP contribution in [0.2, 0.25) is 13.1 Å². The van der Waals surface area contributed by atoms with Crippen LogP contribution in [0.15, 0.2) is 61.2 Å². The van der Waals surface area contributed by atoms with Crippen LogP contribution in [0.5, 0.6) is 0 Å². The van der Waals surface area contributed by atoms with Crippen molar-refractivity contribution in [3.63, 3.8) is 0 Å². The van der Waals surface area contributed by atoms with Crippen LogP contribution in [-0.4, -0.2) is 32.2 Å². The molecule has 0 aliphatic heterocycles. The van der Waals surface area contributed by atoms with Gasteiger partial charge in [-0.2, -0.15) is 0 Å². The molecule has 122 valence electrons. The van der Waals surface area contributed by atoms with Gasteiger partial charge in [0.2, 0.25) is 0 Å². The Balaban J connectivity index is 2.17. The fraction of sp³-hybridized carbons (Fsp3) is 0.333. The zero-order valence-electron chi connectivity index (χ0n) is 15.0. The topological polar surface area (TPSA) is 3.24 Å². The molecule has 0 aliphatic rings. The normalized spacial score (nSPS) is 11.7. The second-order valence-corrected chi connectivity index (χ2v) is 11.4. The molecular formula is C21H29NSi. The first-order valence-corrected chi connectivity index (χ1v) is 11.8. The maximum atomic E-state index is 4.27. The summed E-state index contributed by atoms with van der Waals surface area (Å²) in [5.74, 6) is 0. The van der Waals surface area contributed by atoms with Gasteiger partial charge in [0.05, 0.1) is 8.07 Å². The number of rotatable bonds is 7. The van der Waals surface area contributed by atoms with Crippen molar-refractivity contribution in [1.82, 2.24) is 4.90 Å². The second-order valence-electron chi connectivity index (χ2n) is 6.77. The molecule has 0 aromatic heterocycles. The van der Waals surface area contributed by atoms with Crippen LogP contribution in [0.1, 0.15) is 25.0 Å². The fourth-order valence-corrected chi connectivity index (χ4v) is 5.84. The van der Waals surface area contributed by atoms with Crippen molar-refractivity contribution in [2.75, 3.05) is 19.3 Å². The SMILES string of the molecule is C=C(c1ccccc1)c1ccc([Si](C)(C)CN(CC)CC)cc1. The van der Waals surface area contributed by atoms with E-state index >= 15 is 0 Å². The molecule has 0 heterocycles. The molecule has 0 atom stereocenters. The first-order valence-electron chi connectivity index (χ1n) is 8.55. The van der Waals surface area contributed by atoms with Gasteiger partial charge >= 0.3 is 0 Å². The summed E-state index contributed by atoms with van der Waals surface area (Å²) in [6.07, 6.45) is 1.22. The van der Waals surface area contributed by atoms with E-state index in [-0.39, 0.29) is 0 Å². The highest BCUT2D eigenvalue weighted by molar-refractivity contribution is 6.90. The molecule has 2 rings (SSSR count). The molecule has 0 radical (unpaired) electrons. The molecular weight excluding hydrogens is 294 g/mol. The Morgan fingerprint density at radius 1 is 0.870 bits per heavy atom. The van der Waals surface area contributed by atoms with Gasteiger partial charge in [0, 0.05) is 0 Å². The van der Waals surface area contributed by atoms with Crippen molar-refractivity contribution in [1.29, 1.82) is 0 Å². The van der Waals surface area contributed by atoms with Gasteiger partial charge in [-0.15, -0.1) is 0 Å². The van der Waals surface area contributed by atoms with Gasteiger partial charge in [-0.05, 0) is 36.0 Å². The van der Waals surface area contributed by atoms with Gasteiger partial charge < -0.3 is 4.90 Å². The van der Waals surface area contributed by atoms with E-state index in [1.807, 2.05) is 6.07 Å². The number of hydrogen-bond acceptors (Lipinski definition) is 1.